The van der Waals surface area contributed by atoms with Gasteiger partial charge in [0.05, 0.1) is 23.7 Å². The molecule has 0 atom stereocenters. The minimum Gasteiger partial charge on any atom is -0.494 e. The monoisotopic (exact) mass is 426 g/mol. The Morgan fingerprint density at radius 3 is 2.60 bits per heavy atom. The van der Waals surface area contributed by atoms with Gasteiger partial charge in [-0.1, -0.05) is 12.1 Å². The molecule has 0 aromatic heterocycles. The van der Waals surface area contributed by atoms with E-state index >= 15 is 0 Å². The molecule has 30 heavy (non-hydrogen) atoms. The second-order valence-electron chi connectivity index (χ2n) is 7.56. The average molecular weight is 427 g/mol. The molecule has 0 fully saturated rings. The summed E-state index contributed by atoms with van der Waals surface area (Å²) in [7, 11) is 0. The maximum absolute atomic E-state index is 13.1. The van der Waals surface area contributed by atoms with Gasteiger partial charge in [-0.25, -0.2) is 0 Å². The fourth-order valence-corrected chi connectivity index (χ4v) is 4.27. The smallest absolute Gasteiger partial charge is 0.250 e. The van der Waals surface area contributed by atoms with Crippen molar-refractivity contribution >= 4 is 40.7 Å². The van der Waals surface area contributed by atoms with E-state index in [-0.39, 0.29) is 23.4 Å². The molecule has 158 valence electrons. The van der Waals surface area contributed by atoms with Gasteiger partial charge >= 0.3 is 0 Å². The first-order chi connectivity index (χ1) is 14.3. The summed E-state index contributed by atoms with van der Waals surface area (Å²) in [5.41, 5.74) is 1.83. The Hall–Kier alpha value is -2.80. The van der Waals surface area contributed by atoms with E-state index in [1.807, 2.05) is 31.2 Å². The van der Waals surface area contributed by atoms with Gasteiger partial charge in [0, 0.05) is 16.9 Å². The molecule has 2 aromatic carbocycles. The second-order valence-corrected chi connectivity index (χ2v) is 8.55. The number of benzene rings is 2. The fraction of sp³-hybridized carbons (Fsp3) is 0.348. The van der Waals surface area contributed by atoms with Gasteiger partial charge in [-0.05, 0) is 58.0 Å². The standard InChI is InChI=1S/C23H26N2O4S/c1-5-29-20-11-10-16(15(2)26)12-17(20)13-30-14-21(27)25-19-9-7-6-8-18(19)24-22(28)23(25,3)4/h6-12H,5,13-14H2,1-4H3,(H,24,28). The van der Waals surface area contributed by atoms with Crippen molar-refractivity contribution in [3.05, 3.63) is 53.6 Å². The molecule has 0 unspecified atom stereocenters. The van der Waals surface area contributed by atoms with Crippen LogP contribution in [0.5, 0.6) is 5.75 Å². The molecule has 0 saturated heterocycles. The Bertz CT molecular complexity index is 987. The molecule has 0 bridgehead atoms. The number of ketones is 1. The number of carbonyl (C=O) groups excluding carboxylic acids is 3. The molecule has 1 aliphatic rings. The highest BCUT2D eigenvalue weighted by Gasteiger charge is 2.43. The molecule has 0 spiro atoms. The molecule has 0 radical (unpaired) electrons. The molecule has 0 saturated carbocycles. The van der Waals surface area contributed by atoms with Crippen molar-refractivity contribution in [3.63, 3.8) is 0 Å². The number of thioether (sulfide) groups is 1. The van der Waals surface area contributed by atoms with Crippen LogP contribution in [0.25, 0.3) is 0 Å². The summed E-state index contributed by atoms with van der Waals surface area (Å²) in [5, 5.41) is 2.87. The van der Waals surface area contributed by atoms with Gasteiger partial charge in [-0.2, -0.15) is 0 Å². The van der Waals surface area contributed by atoms with Crippen molar-refractivity contribution in [2.24, 2.45) is 0 Å². The van der Waals surface area contributed by atoms with Crippen LogP contribution in [0.2, 0.25) is 0 Å². The molecule has 7 heteroatoms. The number of carbonyl (C=O) groups is 3. The number of hydrogen-bond donors (Lipinski definition) is 1. The first kappa shape index (κ1) is 21.9. The summed E-state index contributed by atoms with van der Waals surface area (Å²) in [4.78, 5) is 39.0. The van der Waals surface area contributed by atoms with Crippen LogP contribution in [0.15, 0.2) is 42.5 Å². The van der Waals surface area contributed by atoms with Crippen molar-refractivity contribution in [2.75, 3.05) is 22.6 Å². The summed E-state index contributed by atoms with van der Waals surface area (Å²) in [6.07, 6.45) is 0. The highest BCUT2D eigenvalue weighted by molar-refractivity contribution is 7.99. The van der Waals surface area contributed by atoms with E-state index in [0.717, 1.165) is 5.56 Å². The Morgan fingerprint density at radius 1 is 1.17 bits per heavy atom. The molecular weight excluding hydrogens is 400 g/mol. The largest absolute Gasteiger partial charge is 0.494 e. The third kappa shape index (κ3) is 4.36. The van der Waals surface area contributed by atoms with Crippen LogP contribution in [0.1, 0.15) is 43.6 Å². The topological polar surface area (TPSA) is 75.7 Å². The first-order valence-corrected chi connectivity index (χ1v) is 11.0. The number of fused-ring (bicyclic) bond motifs is 1. The lowest BCUT2D eigenvalue weighted by Crippen LogP contribution is -2.58. The highest BCUT2D eigenvalue weighted by Crippen LogP contribution is 2.37. The highest BCUT2D eigenvalue weighted by atomic mass is 32.2. The number of para-hydroxylation sites is 2. The Kier molecular flexibility index (Phi) is 6.51. The minimum atomic E-state index is -0.989. The predicted octanol–water partition coefficient (Wildman–Crippen LogP) is 4.29. The molecular formula is C23H26N2O4S. The van der Waals surface area contributed by atoms with Gasteiger partial charge in [-0.15, -0.1) is 11.8 Å². The summed E-state index contributed by atoms with van der Waals surface area (Å²) >= 11 is 1.43. The van der Waals surface area contributed by atoms with Crippen LogP contribution in [-0.2, 0) is 15.3 Å². The summed E-state index contributed by atoms with van der Waals surface area (Å²) < 4.78 is 5.67. The van der Waals surface area contributed by atoms with Crippen molar-refractivity contribution < 1.29 is 19.1 Å². The van der Waals surface area contributed by atoms with Crippen molar-refractivity contribution in [1.82, 2.24) is 0 Å². The van der Waals surface area contributed by atoms with Crippen molar-refractivity contribution in [1.29, 1.82) is 0 Å². The zero-order chi connectivity index (χ0) is 21.9. The predicted molar refractivity (Wildman–Crippen MR) is 120 cm³/mol. The maximum atomic E-state index is 13.1. The number of hydrogen-bond acceptors (Lipinski definition) is 5. The molecule has 6 nitrogen and oxygen atoms in total. The third-order valence-corrected chi connectivity index (χ3v) is 5.97. The first-order valence-electron chi connectivity index (χ1n) is 9.83. The van der Waals surface area contributed by atoms with Gasteiger partial charge < -0.3 is 10.1 Å². The van der Waals surface area contributed by atoms with E-state index in [2.05, 4.69) is 5.32 Å². The molecule has 1 N–H and O–H groups in total. The molecule has 1 aliphatic heterocycles. The van der Waals surface area contributed by atoms with Gasteiger partial charge in [0.25, 0.3) is 0 Å². The Labute approximate surface area is 181 Å². The van der Waals surface area contributed by atoms with E-state index in [4.69, 9.17) is 4.74 Å². The summed E-state index contributed by atoms with van der Waals surface area (Å²) in [6.45, 7) is 7.43. The minimum absolute atomic E-state index is 0.0157. The van der Waals surface area contributed by atoms with E-state index in [1.165, 1.54) is 18.7 Å². The van der Waals surface area contributed by atoms with Crippen molar-refractivity contribution in [2.45, 2.75) is 39.0 Å². The zero-order valence-corrected chi connectivity index (χ0v) is 18.5. The maximum Gasteiger partial charge on any atom is 0.250 e. The van der Waals surface area contributed by atoms with Crippen LogP contribution < -0.4 is 15.0 Å². The van der Waals surface area contributed by atoms with E-state index in [9.17, 15) is 14.4 Å². The van der Waals surface area contributed by atoms with E-state index < -0.39 is 5.54 Å². The van der Waals surface area contributed by atoms with Gasteiger partial charge in [-0.3, -0.25) is 19.3 Å². The quantitative estimate of drug-likeness (QED) is 0.669. The number of amides is 2. The average Bonchev–Trinajstić information content (AvgIpc) is 2.69. The molecule has 3 rings (SSSR count). The molecule has 2 aromatic rings. The number of nitrogens with one attached hydrogen (secondary N) is 1. The number of Topliss-reactive ketones (excluding diaryl/α,β-unsaturated/α-hetero) is 1. The number of nitrogens with zero attached hydrogens (tertiary/aromatic N) is 1. The number of rotatable bonds is 7. The normalized spacial score (nSPS) is 14.7. The van der Waals surface area contributed by atoms with Crippen molar-refractivity contribution in [3.8, 4) is 5.75 Å². The molecule has 0 aliphatic carbocycles. The lowest BCUT2D eigenvalue weighted by molar-refractivity contribution is -0.125. The fourth-order valence-electron chi connectivity index (χ4n) is 3.42. The lowest BCUT2D eigenvalue weighted by Gasteiger charge is -2.42. The summed E-state index contributed by atoms with van der Waals surface area (Å²) in [6, 6.07) is 12.7. The van der Waals surface area contributed by atoms with E-state index in [0.29, 0.717) is 35.0 Å². The SMILES string of the molecule is CCOc1ccc(C(C)=O)cc1CSCC(=O)N1c2ccccc2NC(=O)C1(C)C. The molecule has 2 amide bonds. The molecule has 1 heterocycles. The third-order valence-electron chi connectivity index (χ3n) is 5.01. The zero-order valence-electron chi connectivity index (χ0n) is 17.7. The second kappa shape index (κ2) is 8.92. The van der Waals surface area contributed by atoms with Gasteiger partial charge in [0.2, 0.25) is 11.8 Å². The van der Waals surface area contributed by atoms with Gasteiger partial charge in [0.15, 0.2) is 5.78 Å². The lowest BCUT2D eigenvalue weighted by atomic mass is 9.96. The van der Waals surface area contributed by atoms with E-state index in [1.54, 1.807) is 36.9 Å². The van der Waals surface area contributed by atoms with Crippen LogP contribution >= 0.6 is 11.8 Å². The van der Waals surface area contributed by atoms with Gasteiger partial charge in [0.1, 0.15) is 11.3 Å². The van der Waals surface area contributed by atoms with Crippen LogP contribution in [0, 0.1) is 0 Å². The van der Waals surface area contributed by atoms with Crippen LogP contribution in [-0.4, -0.2) is 35.5 Å². The van der Waals surface area contributed by atoms with Crippen LogP contribution in [0.3, 0.4) is 0 Å². The Morgan fingerprint density at radius 2 is 1.90 bits per heavy atom. The Balaban J connectivity index is 1.77. The van der Waals surface area contributed by atoms with Crippen LogP contribution in [0.4, 0.5) is 11.4 Å². The summed E-state index contributed by atoms with van der Waals surface area (Å²) in [5.74, 6) is 1.05. The number of anilines is 2. The number of ether oxygens (including phenoxy) is 1.